The number of aromatic nitrogens is 1. The van der Waals surface area contributed by atoms with Crippen molar-refractivity contribution >= 4 is 16.8 Å². The van der Waals surface area contributed by atoms with Gasteiger partial charge in [0.15, 0.2) is 5.58 Å². The first kappa shape index (κ1) is 12.5. The maximum absolute atomic E-state index is 5.91. The van der Waals surface area contributed by atoms with Gasteiger partial charge in [0, 0.05) is 11.3 Å². The number of nitrogens with two attached hydrogens (primary N) is 1. The van der Waals surface area contributed by atoms with Crippen LogP contribution in [-0.2, 0) is 6.42 Å². The van der Waals surface area contributed by atoms with Crippen molar-refractivity contribution in [3.05, 3.63) is 42.0 Å². The third-order valence-electron chi connectivity index (χ3n) is 3.29. The van der Waals surface area contributed by atoms with Crippen LogP contribution in [-0.4, -0.2) is 12.1 Å². The fourth-order valence-electron chi connectivity index (χ4n) is 2.27. The van der Waals surface area contributed by atoms with Crippen molar-refractivity contribution in [3.63, 3.8) is 0 Å². The van der Waals surface area contributed by atoms with E-state index in [2.05, 4.69) is 11.9 Å². The smallest absolute Gasteiger partial charge is 0.227 e. The summed E-state index contributed by atoms with van der Waals surface area (Å²) in [6.07, 6.45) is 0.855. The summed E-state index contributed by atoms with van der Waals surface area (Å²) in [7, 11) is 1.64. The Balaban J connectivity index is 2.17. The van der Waals surface area contributed by atoms with Crippen molar-refractivity contribution in [1.82, 2.24) is 4.98 Å². The molecule has 0 aliphatic rings. The number of nitrogen functional groups attached to an aromatic ring is 1. The second kappa shape index (κ2) is 4.89. The SMILES string of the molecule is CCc1cc(N)cc2nc(-c3cccc(OC)c3)oc12. The molecule has 0 saturated heterocycles. The van der Waals surface area contributed by atoms with Gasteiger partial charge in [-0.3, -0.25) is 0 Å². The van der Waals surface area contributed by atoms with Crippen LogP contribution in [0, 0.1) is 0 Å². The van der Waals surface area contributed by atoms with Crippen LogP contribution < -0.4 is 10.5 Å². The zero-order chi connectivity index (χ0) is 14.1. The average Bonchev–Trinajstić information content (AvgIpc) is 2.90. The molecule has 1 heterocycles. The molecule has 1 aromatic heterocycles. The lowest BCUT2D eigenvalue weighted by Gasteiger charge is -2.00. The molecule has 0 saturated carbocycles. The van der Waals surface area contributed by atoms with Crippen LogP contribution in [0.25, 0.3) is 22.6 Å². The molecule has 0 bridgehead atoms. The van der Waals surface area contributed by atoms with Crippen molar-refractivity contribution in [1.29, 1.82) is 0 Å². The number of aryl methyl sites for hydroxylation is 1. The lowest BCUT2D eigenvalue weighted by Crippen LogP contribution is -1.88. The van der Waals surface area contributed by atoms with Gasteiger partial charge >= 0.3 is 0 Å². The van der Waals surface area contributed by atoms with Gasteiger partial charge in [-0.2, -0.15) is 0 Å². The van der Waals surface area contributed by atoms with E-state index in [1.807, 2.05) is 36.4 Å². The Hall–Kier alpha value is -2.49. The molecular weight excluding hydrogens is 252 g/mol. The van der Waals surface area contributed by atoms with Crippen molar-refractivity contribution in [3.8, 4) is 17.2 Å². The van der Waals surface area contributed by atoms with E-state index in [4.69, 9.17) is 14.9 Å². The molecule has 0 aliphatic carbocycles. The van der Waals surface area contributed by atoms with Crippen molar-refractivity contribution < 1.29 is 9.15 Å². The number of ether oxygens (including phenoxy) is 1. The number of oxazole rings is 1. The molecule has 0 amide bonds. The molecule has 0 fully saturated rings. The molecule has 2 aromatic carbocycles. The Morgan fingerprint density at radius 2 is 2.10 bits per heavy atom. The monoisotopic (exact) mass is 268 g/mol. The first-order chi connectivity index (χ1) is 9.71. The summed E-state index contributed by atoms with van der Waals surface area (Å²) in [5.74, 6) is 1.36. The molecule has 102 valence electrons. The van der Waals surface area contributed by atoms with Gasteiger partial charge in [-0.25, -0.2) is 4.98 Å². The minimum absolute atomic E-state index is 0.583. The molecule has 0 unspecified atom stereocenters. The molecule has 2 N–H and O–H groups in total. The van der Waals surface area contributed by atoms with Crippen molar-refractivity contribution in [2.45, 2.75) is 13.3 Å². The molecule has 4 heteroatoms. The summed E-state index contributed by atoms with van der Waals surface area (Å²) in [5.41, 5.74) is 10.2. The number of hydrogen-bond acceptors (Lipinski definition) is 4. The van der Waals surface area contributed by atoms with Gasteiger partial charge in [0.2, 0.25) is 5.89 Å². The zero-order valence-corrected chi connectivity index (χ0v) is 11.5. The van der Waals surface area contributed by atoms with Crippen LogP contribution in [0.15, 0.2) is 40.8 Å². The van der Waals surface area contributed by atoms with Gasteiger partial charge in [0.1, 0.15) is 11.3 Å². The van der Waals surface area contributed by atoms with Crippen LogP contribution >= 0.6 is 0 Å². The number of anilines is 1. The van der Waals surface area contributed by atoms with Gasteiger partial charge in [0.25, 0.3) is 0 Å². The number of benzene rings is 2. The van der Waals surface area contributed by atoms with Gasteiger partial charge in [0.05, 0.1) is 7.11 Å². The zero-order valence-electron chi connectivity index (χ0n) is 11.5. The normalized spacial score (nSPS) is 10.9. The molecule has 20 heavy (non-hydrogen) atoms. The van der Waals surface area contributed by atoms with E-state index < -0.39 is 0 Å². The standard InChI is InChI=1S/C16H16N2O2/c1-3-10-7-12(17)9-14-15(10)20-16(18-14)11-5-4-6-13(8-11)19-2/h4-9H,3,17H2,1-2H3. The summed E-state index contributed by atoms with van der Waals surface area (Å²) < 4.78 is 11.1. The summed E-state index contributed by atoms with van der Waals surface area (Å²) in [6.45, 7) is 2.07. The predicted octanol–water partition coefficient (Wildman–Crippen LogP) is 3.65. The van der Waals surface area contributed by atoms with E-state index in [1.54, 1.807) is 7.11 Å². The van der Waals surface area contributed by atoms with Crippen LogP contribution in [0.4, 0.5) is 5.69 Å². The summed E-state index contributed by atoms with van der Waals surface area (Å²) in [5, 5.41) is 0. The molecule has 0 spiro atoms. The van der Waals surface area contributed by atoms with E-state index in [1.165, 1.54) is 0 Å². The molecule has 0 atom stereocenters. The first-order valence-electron chi connectivity index (χ1n) is 6.54. The number of hydrogen-bond donors (Lipinski definition) is 1. The third kappa shape index (κ3) is 2.09. The highest BCUT2D eigenvalue weighted by molar-refractivity contribution is 5.83. The highest BCUT2D eigenvalue weighted by atomic mass is 16.5. The second-order valence-corrected chi connectivity index (χ2v) is 4.63. The van der Waals surface area contributed by atoms with Gasteiger partial charge < -0.3 is 14.9 Å². The average molecular weight is 268 g/mol. The van der Waals surface area contributed by atoms with Gasteiger partial charge in [-0.15, -0.1) is 0 Å². The second-order valence-electron chi connectivity index (χ2n) is 4.63. The van der Waals surface area contributed by atoms with Gasteiger partial charge in [-0.1, -0.05) is 13.0 Å². The Labute approximate surface area is 117 Å². The molecular formula is C16H16N2O2. The highest BCUT2D eigenvalue weighted by Gasteiger charge is 2.12. The maximum Gasteiger partial charge on any atom is 0.227 e. The molecule has 3 rings (SSSR count). The molecule has 4 nitrogen and oxygen atoms in total. The van der Waals surface area contributed by atoms with E-state index in [0.717, 1.165) is 34.4 Å². The van der Waals surface area contributed by atoms with Crippen LogP contribution in [0.3, 0.4) is 0 Å². The van der Waals surface area contributed by atoms with E-state index >= 15 is 0 Å². The van der Waals surface area contributed by atoms with E-state index in [9.17, 15) is 0 Å². The first-order valence-corrected chi connectivity index (χ1v) is 6.54. The number of nitrogens with zero attached hydrogens (tertiary/aromatic N) is 1. The lowest BCUT2D eigenvalue weighted by atomic mass is 10.1. The predicted molar refractivity (Wildman–Crippen MR) is 79.8 cm³/mol. The summed E-state index contributed by atoms with van der Waals surface area (Å²) in [6, 6.07) is 11.4. The Morgan fingerprint density at radius 3 is 2.85 bits per heavy atom. The van der Waals surface area contributed by atoms with E-state index in [-0.39, 0.29) is 0 Å². The lowest BCUT2D eigenvalue weighted by molar-refractivity contribution is 0.415. The van der Waals surface area contributed by atoms with Crippen LogP contribution in [0.2, 0.25) is 0 Å². The van der Waals surface area contributed by atoms with Crippen molar-refractivity contribution in [2.24, 2.45) is 0 Å². The minimum Gasteiger partial charge on any atom is -0.497 e. The minimum atomic E-state index is 0.583. The fourth-order valence-corrected chi connectivity index (χ4v) is 2.27. The molecule has 0 radical (unpaired) electrons. The Kier molecular flexibility index (Phi) is 3.06. The highest BCUT2D eigenvalue weighted by Crippen LogP contribution is 2.30. The Bertz CT molecular complexity index is 762. The van der Waals surface area contributed by atoms with Gasteiger partial charge in [-0.05, 0) is 42.3 Å². The number of rotatable bonds is 3. The fraction of sp³-hybridized carbons (Fsp3) is 0.188. The van der Waals surface area contributed by atoms with Crippen molar-refractivity contribution in [2.75, 3.05) is 12.8 Å². The Morgan fingerprint density at radius 1 is 1.25 bits per heavy atom. The van der Waals surface area contributed by atoms with E-state index in [0.29, 0.717) is 11.6 Å². The summed E-state index contributed by atoms with van der Waals surface area (Å²) >= 11 is 0. The number of fused-ring (bicyclic) bond motifs is 1. The quantitative estimate of drug-likeness (QED) is 0.736. The largest absolute Gasteiger partial charge is 0.497 e. The topological polar surface area (TPSA) is 61.3 Å². The molecule has 3 aromatic rings. The summed E-state index contributed by atoms with van der Waals surface area (Å²) in [4.78, 5) is 4.53. The van der Waals surface area contributed by atoms with Crippen LogP contribution in [0.1, 0.15) is 12.5 Å². The number of methoxy groups -OCH3 is 1. The van der Waals surface area contributed by atoms with Crippen LogP contribution in [0.5, 0.6) is 5.75 Å². The third-order valence-corrected chi connectivity index (χ3v) is 3.29. The molecule has 0 aliphatic heterocycles. The maximum atomic E-state index is 5.91.